The first kappa shape index (κ1) is 16.9. The summed E-state index contributed by atoms with van der Waals surface area (Å²) >= 11 is 0. The lowest BCUT2D eigenvalue weighted by atomic mass is 10.2. The van der Waals surface area contributed by atoms with Crippen LogP contribution in [0.2, 0.25) is 0 Å². The van der Waals surface area contributed by atoms with Crippen molar-refractivity contribution in [2.75, 3.05) is 11.4 Å². The molecule has 7 heteroatoms. The molecular formula is C16H20FN3O3. The fraction of sp³-hybridized carbons (Fsp3) is 0.438. The number of carbonyl (C=O) groups excluding carboxylic acids is 3. The van der Waals surface area contributed by atoms with Crippen LogP contribution in [0.15, 0.2) is 24.3 Å². The Kier molecular flexibility index (Phi) is 4.98. The smallest absolute Gasteiger partial charge is 0.332 e. The number of benzene rings is 1. The molecule has 1 aromatic carbocycles. The fourth-order valence-corrected chi connectivity index (χ4v) is 2.37. The Labute approximate surface area is 134 Å². The summed E-state index contributed by atoms with van der Waals surface area (Å²) < 4.78 is 13.0. The van der Waals surface area contributed by atoms with Gasteiger partial charge in [0, 0.05) is 11.7 Å². The molecule has 1 heterocycles. The molecule has 1 aliphatic heterocycles. The normalized spacial score (nSPS) is 19.2. The molecular weight excluding hydrogens is 301 g/mol. The van der Waals surface area contributed by atoms with Crippen molar-refractivity contribution in [2.24, 2.45) is 0 Å². The molecule has 23 heavy (non-hydrogen) atoms. The number of nitrogens with one attached hydrogen (secondary N) is 1. The van der Waals surface area contributed by atoms with Gasteiger partial charge in [0.15, 0.2) is 0 Å². The summed E-state index contributed by atoms with van der Waals surface area (Å²) in [4.78, 5) is 38.8. The second kappa shape index (κ2) is 6.76. The fourth-order valence-electron chi connectivity index (χ4n) is 2.37. The van der Waals surface area contributed by atoms with Crippen LogP contribution in [-0.2, 0) is 9.59 Å². The minimum absolute atomic E-state index is 0.0269. The van der Waals surface area contributed by atoms with Crippen molar-refractivity contribution in [1.29, 1.82) is 0 Å². The minimum atomic E-state index is -0.732. The molecule has 2 rings (SSSR count). The van der Waals surface area contributed by atoms with Gasteiger partial charge < -0.3 is 5.32 Å². The van der Waals surface area contributed by atoms with Crippen LogP contribution in [0.4, 0.5) is 14.9 Å². The molecule has 6 nitrogen and oxygen atoms in total. The molecule has 0 radical (unpaired) electrons. The van der Waals surface area contributed by atoms with Crippen LogP contribution in [0.5, 0.6) is 0 Å². The van der Waals surface area contributed by atoms with E-state index in [1.165, 1.54) is 29.2 Å². The third-order valence-electron chi connectivity index (χ3n) is 3.87. The number of anilines is 1. The molecule has 1 aromatic rings. The molecule has 0 unspecified atom stereocenters. The molecule has 4 amide bonds. The number of hydrogen-bond acceptors (Lipinski definition) is 3. The van der Waals surface area contributed by atoms with Crippen molar-refractivity contribution in [3.8, 4) is 0 Å². The highest BCUT2D eigenvalue weighted by Crippen LogP contribution is 2.25. The molecule has 1 fully saturated rings. The van der Waals surface area contributed by atoms with E-state index in [2.05, 4.69) is 5.32 Å². The first-order valence-corrected chi connectivity index (χ1v) is 7.54. The number of amides is 4. The summed E-state index contributed by atoms with van der Waals surface area (Å²) in [6.45, 7) is 5.04. The molecule has 2 atom stereocenters. The Morgan fingerprint density at radius 2 is 1.91 bits per heavy atom. The lowest BCUT2D eigenvalue weighted by Crippen LogP contribution is -2.43. The van der Waals surface area contributed by atoms with Crippen LogP contribution >= 0.6 is 0 Å². The Hall–Kier alpha value is -2.44. The van der Waals surface area contributed by atoms with E-state index < -0.39 is 23.8 Å². The van der Waals surface area contributed by atoms with Gasteiger partial charge in [-0.2, -0.15) is 0 Å². The maximum Gasteiger partial charge on any atom is 0.332 e. The summed E-state index contributed by atoms with van der Waals surface area (Å²) in [5, 5.41) is 2.72. The van der Waals surface area contributed by atoms with Crippen LogP contribution in [0.1, 0.15) is 27.2 Å². The van der Waals surface area contributed by atoms with Gasteiger partial charge in [0.05, 0.1) is 0 Å². The molecule has 0 saturated carbocycles. The Morgan fingerprint density at radius 1 is 1.30 bits per heavy atom. The van der Waals surface area contributed by atoms with E-state index in [1.807, 2.05) is 13.8 Å². The summed E-state index contributed by atoms with van der Waals surface area (Å²) in [5.74, 6) is -1.25. The van der Waals surface area contributed by atoms with Crippen LogP contribution in [-0.4, -0.2) is 41.4 Å². The lowest BCUT2D eigenvalue weighted by molar-refractivity contribution is -0.132. The van der Waals surface area contributed by atoms with Gasteiger partial charge in [-0.25, -0.2) is 9.18 Å². The summed E-state index contributed by atoms with van der Waals surface area (Å²) in [7, 11) is 0. The Balaban J connectivity index is 2.14. The van der Waals surface area contributed by atoms with Gasteiger partial charge in [-0.1, -0.05) is 6.92 Å². The molecule has 0 bridgehead atoms. The second-order valence-electron chi connectivity index (χ2n) is 5.61. The molecule has 1 N–H and O–H groups in total. The van der Waals surface area contributed by atoms with Crippen molar-refractivity contribution >= 4 is 23.5 Å². The predicted octanol–water partition coefficient (Wildman–Crippen LogP) is 1.90. The minimum Gasteiger partial charge on any atom is -0.352 e. The highest BCUT2D eigenvalue weighted by molar-refractivity contribution is 6.15. The van der Waals surface area contributed by atoms with Crippen LogP contribution in [0.25, 0.3) is 0 Å². The predicted molar refractivity (Wildman–Crippen MR) is 83.3 cm³/mol. The van der Waals surface area contributed by atoms with Crippen LogP contribution < -0.4 is 10.2 Å². The van der Waals surface area contributed by atoms with Crippen molar-refractivity contribution in [3.05, 3.63) is 30.1 Å². The second-order valence-corrected chi connectivity index (χ2v) is 5.61. The van der Waals surface area contributed by atoms with E-state index in [9.17, 15) is 18.8 Å². The van der Waals surface area contributed by atoms with Crippen LogP contribution in [0.3, 0.4) is 0 Å². The summed E-state index contributed by atoms with van der Waals surface area (Å²) in [5.41, 5.74) is 0.419. The average molecular weight is 321 g/mol. The maximum atomic E-state index is 13.0. The van der Waals surface area contributed by atoms with Crippen molar-refractivity contribution in [2.45, 2.75) is 39.3 Å². The first-order valence-electron chi connectivity index (χ1n) is 7.54. The van der Waals surface area contributed by atoms with E-state index in [-0.39, 0.29) is 18.5 Å². The zero-order valence-electron chi connectivity index (χ0n) is 13.4. The van der Waals surface area contributed by atoms with Gasteiger partial charge in [0.25, 0.3) is 5.91 Å². The molecule has 0 aromatic heterocycles. The molecule has 0 spiro atoms. The monoisotopic (exact) mass is 321 g/mol. The van der Waals surface area contributed by atoms with Gasteiger partial charge in [0.1, 0.15) is 18.4 Å². The van der Waals surface area contributed by atoms with E-state index in [1.54, 1.807) is 6.92 Å². The summed E-state index contributed by atoms with van der Waals surface area (Å²) in [6, 6.07) is 3.97. The lowest BCUT2D eigenvalue weighted by Gasteiger charge is -2.19. The van der Waals surface area contributed by atoms with E-state index >= 15 is 0 Å². The van der Waals surface area contributed by atoms with E-state index in [4.69, 9.17) is 0 Å². The van der Waals surface area contributed by atoms with Gasteiger partial charge in [0.2, 0.25) is 5.91 Å². The molecule has 1 aliphatic rings. The zero-order chi connectivity index (χ0) is 17.1. The number of rotatable bonds is 5. The third-order valence-corrected chi connectivity index (χ3v) is 3.87. The van der Waals surface area contributed by atoms with Crippen molar-refractivity contribution in [3.63, 3.8) is 0 Å². The number of carbonyl (C=O) groups is 3. The van der Waals surface area contributed by atoms with Gasteiger partial charge in [-0.05, 0) is 44.5 Å². The SMILES string of the molecule is CC[C@@H](C)NC(=O)CN1C(=O)[C@@H](C)N(c2ccc(F)cc2)C1=O. The average Bonchev–Trinajstić information content (AvgIpc) is 2.72. The highest BCUT2D eigenvalue weighted by Gasteiger charge is 2.44. The number of nitrogens with zero attached hydrogens (tertiary/aromatic N) is 2. The van der Waals surface area contributed by atoms with Crippen molar-refractivity contribution in [1.82, 2.24) is 10.2 Å². The van der Waals surface area contributed by atoms with Crippen LogP contribution in [0, 0.1) is 5.82 Å². The number of urea groups is 1. The summed E-state index contributed by atoms with van der Waals surface area (Å²) in [6.07, 6.45) is 0.756. The Bertz CT molecular complexity index is 618. The van der Waals surface area contributed by atoms with Crippen molar-refractivity contribution < 1.29 is 18.8 Å². The largest absolute Gasteiger partial charge is 0.352 e. The standard InChI is InChI=1S/C16H20FN3O3/c1-4-10(2)18-14(21)9-19-15(22)11(3)20(16(19)23)13-7-5-12(17)6-8-13/h5-8,10-11H,4,9H2,1-3H3,(H,18,21)/t10-,11-/m1/s1. The first-order chi connectivity index (χ1) is 10.8. The zero-order valence-corrected chi connectivity index (χ0v) is 13.4. The van der Waals surface area contributed by atoms with Gasteiger partial charge in [-0.15, -0.1) is 0 Å². The number of imide groups is 1. The molecule has 124 valence electrons. The quantitative estimate of drug-likeness (QED) is 0.842. The molecule has 1 saturated heterocycles. The maximum absolute atomic E-state index is 13.0. The van der Waals surface area contributed by atoms with Gasteiger partial charge >= 0.3 is 6.03 Å². The molecule has 0 aliphatic carbocycles. The van der Waals surface area contributed by atoms with E-state index in [0.717, 1.165) is 11.3 Å². The third kappa shape index (κ3) is 3.49. The topological polar surface area (TPSA) is 69.7 Å². The Morgan fingerprint density at radius 3 is 2.48 bits per heavy atom. The van der Waals surface area contributed by atoms with Gasteiger partial charge in [-0.3, -0.25) is 19.4 Å². The highest BCUT2D eigenvalue weighted by atomic mass is 19.1. The number of halogens is 1. The van der Waals surface area contributed by atoms with E-state index in [0.29, 0.717) is 5.69 Å². The number of hydrogen-bond donors (Lipinski definition) is 1.